The van der Waals surface area contributed by atoms with E-state index in [1.165, 1.54) is 11.1 Å². The predicted molar refractivity (Wildman–Crippen MR) is 73.6 cm³/mol. The maximum atomic E-state index is 11.6. The van der Waals surface area contributed by atoms with E-state index in [4.69, 9.17) is 0 Å². The molecule has 1 fully saturated rings. The second kappa shape index (κ2) is 6.01. The third-order valence-electron chi connectivity index (χ3n) is 3.51. The van der Waals surface area contributed by atoms with Gasteiger partial charge in [0.05, 0.1) is 5.92 Å². The van der Waals surface area contributed by atoms with Crippen LogP contribution in [0.15, 0.2) is 24.3 Å². The number of carbonyl (C=O) groups is 1. The Labute approximate surface area is 109 Å². The molecule has 2 N–H and O–H groups in total. The molecule has 3 heteroatoms. The Morgan fingerprint density at radius 2 is 2.00 bits per heavy atom. The molecule has 0 aliphatic carbocycles. The Morgan fingerprint density at radius 3 is 2.50 bits per heavy atom. The molecule has 0 unspecified atom stereocenters. The van der Waals surface area contributed by atoms with Crippen molar-refractivity contribution in [3.8, 4) is 0 Å². The monoisotopic (exact) mass is 246 g/mol. The fourth-order valence-electron chi connectivity index (χ4n) is 2.02. The molecule has 0 radical (unpaired) electrons. The number of hydrogen-bond acceptors (Lipinski definition) is 2. The summed E-state index contributed by atoms with van der Waals surface area (Å²) in [5.41, 5.74) is 2.65. The summed E-state index contributed by atoms with van der Waals surface area (Å²) in [6, 6.07) is 8.67. The molecule has 98 valence electrons. The largest absolute Gasteiger partial charge is 0.355 e. The van der Waals surface area contributed by atoms with Gasteiger partial charge in [0.1, 0.15) is 0 Å². The Morgan fingerprint density at radius 1 is 1.33 bits per heavy atom. The second-order valence-electron chi connectivity index (χ2n) is 5.29. The Balaban J connectivity index is 1.74. The SMILES string of the molecule is CC(C)c1ccc(CCNC(=O)C2CNC2)cc1. The summed E-state index contributed by atoms with van der Waals surface area (Å²) in [5, 5.41) is 6.10. The summed E-state index contributed by atoms with van der Waals surface area (Å²) in [5.74, 6) is 0.950. The minimum absolute atomic E-state index is 0.188. The van der Waals surface area contributed by atoms with Crippen molar-refractivity contribution in [2.45, 2.75) is 26.2 Å². The highest BCUT2D eigenvalue weighted by Crippen LogP contribution is 2.14. The summed E-state index contributed by atoms with van der Waals surface area (Å²) in [6.45, 7) is 6.78. The summed E-state index contributed by atoms with van der Waals surface area (Å²) in [4.78, 5) is 11.6. The lowest BCUT2D eigenvalue weighted by Crippen LogP contribution is -2.51. The van der Waals surface area contributed by atoms with Crippen LogP contribution in [-0.4, -0.2) is 25.5 Å². The van der Waals surface area contributed by atoms with Gasteiger partial charge in [-0.15, -0.1) is 0 Å². The van der Waals surface area contributed by atoms with Gasteiger partial charge in [-0.2, -0.15) is 0 Å². The highest BCUT2D eigenvalue weighted by Gasteiger charge is 2.23. The fraction of sp³-hybridized carbons (Fsp3) is 0.533. The van der Waals surface area contributed by atoms with Crippen LogP contribution in [0.3, 0.4) is 0 Å². The standard InChI is InChI=1S/C15H22N2O/c1-11(2)13-5-3-12(4-6-13)7-8-17-15(18)14-9-16-10-14/h3-6,11,14,16H,7-10H2,1-2H3,(H,17,18). The van der Waals surface area contributed by atoms with Gasteiger partial charge in [-0.05, 0) is 23.5 Å². The average Bonchev–Trinajstić information content (AvgIpc) is 2.27. The lowest BCUT2D eigenvalue weighted by molar-refractivity contribution is -0.126. The van der Waals surface area contributed by atoms with Crippen LogP contribution in [0.4, 0.5) is 0 Å². The van der Waals surface area contributed by atoms with Gasteiger partial charge in [0.15, 0.2) is 0 Å². The zero-order valence-electron chi connectivity index (χ0n) is 11.2. The highest BCUT2D eigenvalue weighted by molar-refractivity contribution is 5.79. The van der Waals surface area contributed by atoms with Gasteiger partial charge in [-0.1, -0.05) is 38.1 Å². The fourth-order valence-corrected chi connectivity index (χ4v) is 2.02. The maximum Gasteiger partial charge on any atom is 0.225 e. The van der Waals surface area contributed by atoms with Crippen LogP contribution in [-0.2, 0) is 11.2 Å². The van der Waals surface area contributed by atoms with Crippen LogP contribution < -0.4 is 10.6 Å². The van der Waals surface area contributed by atoms with Crippen molar-refractivity contribution in [2.24, 2.45) is 5.92 Å². The molecule has 1 aromatic carbocycles. The molecule has 1 aromatic rings. The molecule has 3 nitrogen and oxygen atoms in total. The predicted octanol–water partition coefficient (Wildman–Crippen LogP) is 1.69. The first kappa shape index (κ1) is 13.1. The van der Waals surface area contributed by atoms with Gasteiger partial charge >= 0.3 is 0 Å². The van der Waals surface area contributed by atoms with Crippen molar-refractivity contribution < 1.29 is 4.79 Å². The van der Waals surface area contributed by atoms with Gasteiger partial charge in [0.2, 0.25) is 5.91 Å². The Kier molecular flexibility index (Phi) is 4.37. The third kappa shape index (κ3) is 3.33. The molecular weight excluding hydrogens is 224 g/mol. The summed E-state index contributed by atoms with van der Waals surface area (Å²) >= 11 is 0. The quantitative estimate of drug-likeness (QED) is 0.830. The van der Waals surface area contributed by atoms with Gasteiger partial charge < -0.3 is 10.6 Å². The van der Waals surface area contributed by atoms with Crippen LogP contribution in [0.25, 0.3) is 0 Å². The first-order valence-corrected chi connectivity index (χ1v) is 6.74. The number of amides is 1. The first-order valence-electron chi connectivity index (χ1n) is 6.74. The molecule has 1 heterocycles. The molecule has 1 amide bonds. The van der Waals surface area contributed by atoms with Gasteiger partial charge in [-0.3, -0.25) is 4.79 Å². The summed E-state index contributed by atoms with van der Waals surface area (Å²) < 4.78 is 0. The molecule has 0 bridgehead atoms. The molecule has 0 aromatic heterocycles. The number of rotatable bonds is 5. The topological polar surface area (TPSA) is 41.1 Å². The highest BCUT2D eigenvalue weighted by atomic mass is 16.2. The van der Waals surface area contributed by atoms with Crippen LogP contribution >= 0.6 is 0 Å². The second-order valence-corrected chi connectivity index (χ2v) is 5.29. The molecular formula is C15H22N2O. The number of hydrogen-bond donors (Lipinski definition) is 2. The van der Waals surface area contributed by atoms with E-state index in [0.717, 1.165) is 26.1 Å². The molecule has 1 saturated heterocycles. The van der Waals surface area contributed by atoms with E-state index in [9.17, 15) is 4.79 Å². The minimum Gasteiger partial charge on any atom is -0.355 e. The van der Waals surface area contributed by atoms with Crippen LogP contribution in [0, 0.1) is 5.92 Å². The van der Waals surface area contributed by atoms with Gasteiger partial charge in [0.25, 0.3) is 0 Å². The molecule has 0 saturated carbocycles. The Bertz CT molecular complexity index is 393. The zero-order chi connectivity index (χ0) is 13.0. The number of benzene rings is 1. The normalized spacial score (nSPS) is 15.5. The lowest BCUT2D eigenvalue weighted by Gasteiger charge is -2.25. The average molecular weight is 246 g/mol. The van der Waals surface area contributed by atoms with Crippen molar-refractivity contribution in [1.82, 2.24) is 10.6 Å². The first-order chi connectivity index (χ1) is 8.66. The molecule has 18 heavy (non-hydrogen) atoms. The van der Waals surface area contributed by atoms with E-state index in [1.54, 1.807) is 0 Å². The molecule has 1 aliphatic rings. The molecule has 0 atom stereocenters. The maximum absolute atomic E-state index is 11.6. The van der Waals surface area contributed by atoms with E-state index in [-0.39, 0.29) is 11.8 Å². The van der Waals surface area contributed by atoms with E-state index in [2.05, 4.69) is 48.7 Å². The van der Waals surface area contributed by atoms with Crippen LogP contribution in [0.5, 0.6) is 0 Å². The van der Waals surface area contributed by atoms with E-state index in [0.29, 0.717) is 5.92 Å². The molecule has 1 aliphatic heterocycles. The summed E-state index contributed by atoms with van der Waals surface area (Å²) in [7, 11) is 0. The minimum atomic E-state index is 0.188. The lowest BCUT2D eigenvalue weighted by atomic mass is 10.0. The molecule has 2 rings (SSSR count). The van der Waals surface area contributed by atoms with Crippen molar-refractivity contribution in [3.05, 3.63) is 35.4 Å². The zero-order valence-corrected chi connectivity index (χ0v) is 11.2. The van der Waals surface area contributed by atoms with Crippen LogP contribution in [0.1, 0.15) is 30.9 Å². The van der Waals surface area contributed by atoms with E-state index < -0.39 is 0 Å². The van der Waals surface area contributed by atoms with E-state index >= 15 is 0 Å². The van der Waals surface area contributed by atoms with Crippen molar-refractivity contribution in [3.63, 3.8) is 0 Å². The molecule has 0 spiro atoms. The van der Waals surface area contributed by atoms with Crippen molar-refractivity contribution in [1.29, 1.82) is 0 Å². The number of carbonyl (C=O) groups excluding carboxylic acids is 1. The van der Waals surface area contributed by atoms with Crippen LogP contribution in [0.2, 0.25) is 0 Å². The number of nitrogens with one attached hydrogen (secondary N) is 2. The van der Waals surface area contributed by atoms with E-state index in [1.807, 2.05) is 0 Å². The Hall–Kier alpha value is -1.35. The van der Waals surface area contributed by atoms with Crippen molar-refractivity contribution in [2.75, 3.05) is 19.6 Å². The third-order valence-corrected chi connectivity index (χ3v) is 3.51. The summed E-state index contributed by atoms with van der Waals surface area (Å²) in [6.07, 6.45) is 0.907. The van der Waals surface area contributed by atoms with Gasteiger partial charge in [-0.25, -0.2) is 0 Å². The smallest absolute Gasteiger partial charge is 0.225 e. The van der Waals surface area contributed by atoms with Gasteiger partial charge in [0, 0.05) is 19.6 Å². The van der Waals surface area contributed by atoms with Crippen molar-refractivity contribution >= 4 is 5.91 Å².